The Labute approximate surface area is 171 Å². The van der Waals surface area contributed by atoms with Gasteiger partial charge in [0.1, 0.15) is 4.90 Å². The number of pyridine rings is 1. The monoisotopic (exact) mass is 420 g/mol. The highest BCUT2D eigenvalue weighted by molar-refractivity contribution is 7.89. The Bertz CT molecular complexity index is 912. The van der Waals surface area contributed by atoms with Gasteiger partial charge in [0.15, 0.2) is 0 Å². The SMILES string of the molecule is CCN1CCC2(CN(C(C)=O)CC23CCN(S(=O)(=O)c2cccnc2)CC3)C1=O. The number of nitrogens with zero attached hydrogens (tertiary/aromatic N) is 4. The molecule has 158 valence electrons. The van der Waals surface area contributed by atoms with E-state index in [0.717, 1.165) is 6.42 Å². The van der Waals surface area contributed by atoms with E-state index in [1.54, 1.807) is 30.2 Å². The van der Waals surface area contributed by atoms with Gasteiger partial charge in [-0.25, -0.2) is 8.42 Å². The van der Waals surface area contributed by atoms with Crippen molar-refractivity contribution in [3.05, 3.63) is 24.5 Å². The predicted molar refractivity (Wildman–Crippen MR) is 106 cm³/mol. The quantitative estimate of drug-likeness (QED) is 0.726. The molecule has 0 aromatic carbocycles. The van der Waals surface area contributed by atoms with Gasteiger partial charge >= 0.3 is 0 Å². The molecule has 3 aliphatic rings. The number of piperidine rings is 1. The zero-order valence-electron chi connectivity index (χ0n) is 17.0. The smallest absolute Gasteiger partial charge is 0.244 e. The highest BCUT2D eigenvalue weighted by Crippen LogP contribution is 2.58. The van der Waals surface area contributed by atoms with Gasteiger partial charge in [-0.3, -0.25) is 14.6 Å². The predicted octanol–water partition coefficient (Wildman–Crippen LogP) is 0.953. The maximum absolute atomic E-state index is 13.3. The molecule has 3 aliphatic heterocycles. The number of likely N-dealkylation sites (tertiary alicyclic amines) is 2. The molecular weight excluding hydrogens is 392 g/mol. The molecule has 4 heterocycles. The number of hydrogen-bond acceptors (Lipinski definition) is 5. The molecule has 29 heavy (non-hydrogen) atoms. The van der Waals surface area contributed by atoms with Crippen LogP contribution in [0.3, 0.4) is 0 Å². The highest BCUT2D eigenvalue weighted by atomic mass is 32.2. The van der Waals surface area contributed by atoms with Crippen LogP contribution in [0.25, 0.3) is 0 Å². The van der Waals surface area contributed by atoms with Crippen LogP contribution >= 0.6 is 0 Å². The second-order valence-electron chi connectivity index (χ2n) is 8.47. The minimum Gasteiger partial charge on any atom is -0.342 e. The van der Waals surface area contributed by atoms with E-state index in [1.165, 1.54) is 10.5 Å². The van der Waals surface area contributed by atoms with Gasteiger partial charge in [0.25, 0.3) is 0 Å². The molecule has 1 aromatic heterocycles. The molecule has 3 saturated heterocycles. The highest BCUT2D eigenvalue weighted by Gasteiger charge is 2.65. The lowest BCUT2D eigenvalue weighted by Gasteiger charge is -2.46. The Balaban J connectivity index is 1.61. The van der Waals surface area contributed by atoms with Gasteiger partial charge in [-0.1, -0.05) is 0 Å². The molecule has 1 unspecified atom stereocenters. The van der Waals surface area contributed by atoms with Crippen LogP contribution in [0.2, 0.25) is 0 Å². The van der Waals surface area contributed by atoms with Gasteiger partial charge in [0.05, 0.1) is 5.41 Å². The van der Waals surface area contributed by atoms with Crippen LogP contribution in [-0.4, -0.2) is 78.6 Å². The Morgan fingerprint density at radius 2 is 1.90 bits per heavy atom. The standard InChI is InChI=1S/C20H28N4O4S/c1-3-22-10-8-20(18(22)26)15-23(16(2)25)14-19(20)6-11-24(12-7-19)29(27,28)17-5-4-9-21-13-17/h4-5,9,13H,3,6-8,10-12,14-15H2,1-2H3. The van der Waals surface area contributed by atoms with Crippen molar-refractivity contribution >= 4 is 21.8 Å². The maximum atomic E-state index is 13.3. The largest absolute Gasteiger partial charge is 0.342 e. The zero-order valence-corrected chi connectivity index (χ0v) is 17.8. The molecule has 1 atom stereocenters. The number of fused-ring (bicyclic) bond motifs is 1. The van der Waals surface area contributed by atoms with Crippen LogP contribution < -0.4 is 0 Å². The lowest BCUT2D eigenvalue weighted by molar-refractivity contribution is -0.141. The summed E-state index contributed by atoms with van der Waals surface area (Å²) in [6, 6.07) is 3.17. The van der Waals surface area contributed by atoms with E-state index in [1.807, 2.05) is 11.8 Å². The lowest BCUT2D eigenvalue weighted by atomic mass is 9.60. The fourth-order valence-electron chi connectivity index (χ4n) is 5.51. The summed E-state index contributed by atoms with van der Waals surface area (Å²) in [5.74, 6) is 0.113. The molecule has 0 radical (unpaired) electrons. The van der Waals surface area contributed by atoms with Crippen LogP contribution in [0.4, 0.5) is 0 Å². The third kappa shape index (κ3) is 2.97. The van der Waals surface area contributed by atoms with Gasteiger partial charge in [-0.15, -0.1) is 0 Å². The Hall–Kier alpha value is -2.00. The van der Waals surface area contributed by atoms with Gasteiger partial charge in [-0.05, 0) is 38.3 Å². The summed E-state index contributed by atoms with van der Waals surface area (Å²) < 4.78 is 27.5. The molecule has 8 nitrogen and oxygen atoms in total. The first-order valence-electron chi connectivity index (χ1n) is 10.2. The number of rotatable bonds is 3. The molecule has 9 heteroatoms. The number of sulfonamides is 1. The minimum atomic E-state index is -3.61. The van der Waals surface area contributed by atoms with E-state index in [9.17, 15) is 18.0 Å². The number of hydrogen-bond donors (Lipinski definition) is 0. The minimum absolute atomic E-state index is 0.0191. The van der Waals surface area contributed by atoms with E-state index in [0.29, 0.717) is 52.1 Å². The molecule has 4 rings (SSSR count). The molecule has 1 aromatic rings. The molecule has 2 spiro atoms. The number of aromatic nitrogens is 1. The second kappa shape index (κ2) is 7.05. The Morgan fingerprint density at radius 3 is 2.45 bits per heavy atom. The van der Waals surface area contributed by atoms with E-state index < -0.39 is 15.4 Å². The van der Waals surface area contributed by atoms with Crippen molar-refractivity contribution in [3.8, 4) is 0 Å². The molecule has 2 amide bonds. The van der Waals surface area contributed by atoms with E-state index in [4.69, 9.17) is 0 Å². The molecular formula is C20H28N4O4S. The first-order chi connectivity index (χ1) is 13.8. The van der Waals surface area contributed by atoms with Crippen molar-refractivity contribution in [3.63, 3.8) is 0 Å². The van der Waals surface area contributed by atoms with Crippen LogP contribution in [0, 0.1) is 10.8 Å². The van der Waals surface area contributed by atoms with Gasteiger partial charge < -0.3 is 9.80 Å². The third-order valence-corrected chi connectivity index (χ3v) is 9.14. The summed E-state index contributed by atoms with van der Waals surface area (Å²) in [6.07, 6.45) is 4.82. The van der Waals surface area contributed by atoms with Crippen LogP contribution in [0.1, 0.15) is 33.1 Å². The van der Waals surface area contributed by atoms with Crippen LogP contribution in [0.5, 0.6) is 0 Å². The molecule has 3 fully saturated rings. The van der Waals surface area contributed by atoms with Crippen molar-refractivity contribution in [1.82, 2.24) is 19.1 Å². The summed E-state index contributed by atoms with van der Waals surface area (Å²) in [5.41, 5.74) is -0.945. The summed E-state index contributed by atoms with van der Waals surface area (Å²) in [4.78, 5) is 33.3. The number of carbonyl (C=O) groups excluding carboxylic acids is 2. The van der Waals surface area contributed by atoms with E-state index >= 15 is 0 Å². The normalized spacial score (nSPS) is 27.3. The Kier molecular flexibility index (Phi) is 4.93. The molecule has 0 bridgehead atoms. The van der Waals surface area contributed by atoms with Crippen molar-refractivity contribution < 1.29 is 18.0 Å². The van der Waals surface area contributed by atoms with Crippen LogP contribution in [-0.2, 0) is 19.6 Å². The number of carbonyl (C=O) groups is 2. The average molecular weight is 421 g/mol. The molecule has 0 aliphatic carbocycles. The summed E-state index contributed by atoms with van der Waals surface area (Å²) in [7, 11) is -3.61. The Morgan fingerprint density at radius 1 is 1.17 bits per heavy atom. The van der Waals surface area contributed by atoms with Crippen LogP contribution in [0.15, 0.2) is 29.4 Å². The number of amides is 2. The van der Waals surface area contributed by atoms with Crippen molar-refractivity contribution in [2.45, 2.75) is 38.0 Å². The second-order valence-corrected chi connectivity index (χ2v) is 10.4. The van der Waals surface area contributed by atoms with Gasteiger partial charge in [0, 0.05) is 64.0 Å². The third-order valence-electron chi connectivity index (χ3n) is 7.25. The fraction of sp³-hybridized carbons (Fsp3) is 0.650. The summed E-state index contributed by atoms with van der Waals surface area (Å²) in [5, 5.41) is 0. The van der Waals surface area contributed by atoms with E-state index in [-0.39, 0.29) is 22.1 Å². The lowest BCUT2D eigenvalue weighted by Crippen LogP contribution is -2.53. The first kappa shape index (κ1) is 20.3. The van der Waals surface area contributed by atoms with Crippen molar-refractivity contribution in [2.75, 3.05) is 39.3 Å². The fourth-order valence-corrected chi connectivity index (χ4v) is 6.91. The van der Waals surface area contributed by atoms with Crippen molar-refractivity contribution in [1.29, 1.82) is 0 Å². The zero-order chi connectivity index (χ0) is 20.9. The van der Waals surface area contributed by atoms with E-state index in [2.05, 4.69) is 4.98 Å². The summed E-state index contributed by atoms with van der Waals surface area (Å²) in [6.45, 7) is 6.59. The maximum Gasteiger partial charge on any atom is 0.244 e. The first-order valence-corrected chi connectivity index (χ1v) is 11.6. The average Bonchev–Trinajstić information content (AvgIpc) is 3.22. The van der Waals surface area contributed by atoms with Gasteiger partial charge in [0.2, 0.25) is 21.8 Å². The molecule has 0 N–H and O–H groups in total. The van der Waals surface area contributed by atoms with Crippen molar-refractivity contribution in [2.24, 2.45) is 10.8 Å². The summed E-state index contributed by atoms with van der Waals surface area (Å²) >= 11 is 0. The molecule has 0 saturated carbocycles. The van der Waals surface area contributed by atoms with Gasteiger partial charge in [-0.2, -0.15) is 4.31 Å². The topological polar surface area (TPSA) is 90.9 Å².